The Labute approximate surface area is 203 Å². The maximum atomic E-state index is 13.1. The van der Waals surface area contributed by atoms with Crippen LogP contribution < -0.4 is 0 Å². The number of ether oxygens (including phenoxy) is 2. The minimum absolute atomic E-state index is 0.0767. The van der Waals surface area contributed by atoms with Crippen LogP contribution in [0.4, 0.5) is 0 Å². The van der Waals surface area contributed by atoms with Crippen molar-refractivity contribution in [2.45, 2.75) is 18.7 Å². The third kappa shape index (κ3) is 5.14. The minimum Gasteiger partial charge on any atom is -0.508 e. The number of hydrogen-bond donors (Lipinski definition) is 1. The second-order valence-corrected chi connectivity index (χ2v) is 10.1. The summed E-state index contributed by atoms with van der Waals surface area (Å²) in [5, 5.41) is 9.52. The first kappa shape index (κ1) is 24.6. The fraction of sp³-hybridized carbons (Fsp3) is 0.280. The molecule has 0 bridgehead atoms. The average molecular weight is 499 g/mol. The number of aromatic hydroxyl groups is 1. The molecular formula is C25H26N2O7S. The molecule has 0 radical (unpaired) electrons. The number of rotatable bonds is 7. The van der Waals surface area contributed by atoms with Crippen molar-refractivity contribution in [2.24, 2.45) is 0 Å². The molecule has 1 aliphatic heterocycles. The standard InChI is InChI=1S/C25H26N2O7S/c1-17-13-23(24(29)16-34-25(30)19-5-3-7-21(28)14-19)18(2)27(17)20-6-4-8-22(15-20)35(31,32)26-9-11-33-12-10-26/h3-8,13-15,28H,9-12,16H2,1-2H3. The van der Waals surface area contributed by atoms with E-state index in [-0.39, 0.29) is 16.2 Å². The lowest BCUT2D eigenvalue weighted by atomic mass is 10.1. The van der Waals surface area contributed by atoms with Gasteiger partial charge in [0.2, 0.25) is 15.8 Å². The Hall–Kier alpha value is -3.47. The lowest BCUT2D eigenvalue weighted by Crippen LogP contribution is -2.40. The highest BCUT2D eigenvalue weighted by Crippen LogP contribution is 2.25. The van der Waals surface area contributed by atoms with Gasteiger partial charge in [0.05, 0.1) is 23.7 Å². The summed E-state index contributed by atoms with van der Waals surface area (Å²) in [4.78, 5) is 25.2. The molecule has 1 saturated heterocycles. The number of morpholine rings is 1. The fourth-order valence-electron chi connectivity index (χ4n) is 4.09. The van der Waals surface area contributed by atoms with Crippen LogP contribution in [-0.2, 0) is 19.5 Å². The Kier molecular flexibility index (Phi) is 7.06. The van der Waals surface area contributed by atoms with Crippen LogP contribution in [0.3, 0.4) is 0 Å². The van der Waals surface area contributed by atoms with E-state index in [1.165, 1.54) is 28.6 Å². The SMILES string of the molecule is Cc1cc(C(=O)COC(=O)c2cccc(O)c2)c(C)n1-c1cccc(S(=O)(=O)N2CCOCC2)c1. The number of phenols is 1. The van der Waals surface area contributed by atoms with Crippen LogP contribution in [0.25, 0.3) is 5.69 Å². The van der Waals surface area contributed by atoms with Gasteiger partial charge < -0.3 is 19.1 Å². The lowest BCUT2D eigenvalue weighted by Gasteiger charge is -2.26. The van der Waals surface area contributed by atoms with E-state index >= 15 is 0 Å². The van der Waals surface area contributed by atoms with E-state index in [2.05, 4.69) is 0 Å². The number of aromatic nitrogens is 1. The third-order valence-electron chi connectivity index (χ3n) is 5.83. The number of esters is 1. The van der Waals surface area contributed by atoms with Crippen LogP contribution in [-0.4, -0.2) is 67.1 Å². The number of ketones is 1. The summed E-state index contributed by atoms with van der Waals surface area (Å²) in [6.07, 6.45) is 0. The van der Waals surface area contributed by atoms with E-state index < -0.39 is 28.4 Å². The van der Waals surface area contributed by atoms with Gasteiger partial charge in [-0.05, 0) is 56.3 Å². The van der Waals surface area contributed by atoms with Gasteiger partial charge in [-0.15, -0.1) is 0 Å². The molecule has 0 spiro atoms. The Morgan fingerprint density at radius 2 is 1.74 bits per heavy atom. The third-order valence-corrected chi connectivity index (χ3v) is 7.73. The Morgan fingerprint density at radius 1 is 1.03 bits per heavy atom. The number of carbonyl (C=O) groups is 2. The van der Waals surface area contributed by atoms with E-state index in [1.807, 2.05) is 6.92 Å². The molecular weight excluding hydrogens is 472 g/mol. The van der Waals surface area contributed by atoms with Gasteiger partial charge in [-0.25, -0.2) is 13.2 Å². The second-order valence-electron chi connectivity index (χ2n) is 8.18. The summed E-state index contributed by atoms with van der Waals surface area (Å²) >= 11 is 0. The van der Waals surface area contributed by atoms with Crippen molar-refractivity contribution in [1.82, 2.24) is 8.87 Å². The van der Waals surface area contributed by atoms with Gasteiger partial charge >= 0.3 is 5.97 Å². The molecule has 0 amide bonds. The summed E-state index contributed by atoms with van der Waals surface area (Å²) < 4.78 is 39.8. The summed E-state index contributed by atoms with van der Waals surface area (Å²) in [6, 6.07) is 13.9. The van der Waals surface area contributed by atoms with E-state index in [0.29, 0.717) is 43.2 Å². The maximum absolute atomic E-state index is 13.1. The maximum Gasteiger partial charge on any atom is 0.338 e. The topological polar surface area (TPSA) is 115 Å². The Balaban J connectivity index is 1.55. The van der Waals surface area contributed by atoms with Gasteiger partial charge in [-0.3, -0.25) is 4.79 Å². The zero-order chi connectivity index (χ0) is 25.2. The first-order chi connectivity index (χ1) is 16.7. The molecule has 35 heavy (non-hydrogen) atoms. The molecule has 0 unspecified atom stereocenters. The summed E-state index contributed by atoms with van der Waals surface area (Å²) in [5.41, 5.74) is 2.44. The summed E-state index contributed by atoms with van der Waals surface area (Å²) in [5.74, 6) is -1.19. The van der Waals surface area contributed by atoms with Crippen molar-refractivity contribution < 1.29 is 32.6 Å². The molecule has 2 aromatic carbocycles. The van der Waals surface area contributed by atoms with Gasteiger partial charge in [-0.2, -0.15) is 4.31 Å². The monoisotopic (exact) mass is 498 g/mol. The van der Waals surface area contributed by atoms with Crippen molar-refractivity contribution in [1.29, 1.82) is 0 Å². The highest BCUT2D eigenvalue weighted by Gasteiger charge is 2.27. The number of phenolic OH excluding ortho intramolecular Hbond substituents is 1. The zero-order valence-corrected chi connectivity index (χ0v) is 20.2. The van der Waals surface area contributed by atoms with E-state index in [9.17, 15) is 23.1 Å². The van der Waals surface area contributed by atoms with Gasteiger partial charge in [-0.1, -0.05) is 12.1 Å². The molecule has 1 fully saturated rings. The zero-order valence-electron chi connectivity index (χ0n) is 19.4. The van der Waals surface area contributed by atoms with Crippen molar-refractivity contribution in [3.8, 4) is 11.4 Å². The van der Waals surface area contributed by atoms with Crippen LogP contribution >= 0.6 is 0 Å². The Morgan fingerprint density at radius 3 is 2.46 bits per heavy atom. The average Bonchev–Trinajstić information content (AvgIpc) is 3.16. The number of sulfonamides is 1. The molecule has 1 N–H and O–H groups in total. The molecule has 9 nitrogen and oxygen atoms in total. The number of aryl methyl sites for hydroxylation is 1. The number of Topliss-reactive ketones (excluding diaryl/α,β-unsaturated/α-hetero) is 1. The molecule has 184 valence electrons. The van der Waals surface area contributed by atoms with Gasteiger partial charge in [0.25, 0.3) is 0 Å². The molecule has 4 rings (SSSR count). The van der Waals surface area contributed by atoms with Crippen LogP contribution in [0, 0.1) is 13.8 Å². The lowest BCUT2D eigenvalue weighted by molar-refractivity contribution is 0.0474. The molecule has 3 aromatic rings. The van der Waals surface area contributed by atoms with Gasteiger partial charge in [0.1, 0.15) is 5.75 Å². The summed E-state index contributed by atoms with van der Waals surface area (Å²) in [7, 11) is -3.68. The van der Waals surface area contributed by atoms with E-state index in [1.54, 1.807) is 41.8 Å². The van der Waals surface area contributed by atoms with E-state index in [4.69, 9.17) is 9.47 Å². The van der Waals surface area contributed by atoms with Gasteiger partial charge in [0, 0.05) is 35.7 Å². The van der Waals surface area contributed by atoms with E-state index in [0.717, 1.165) is 5.69 Å². The second kappa shape index (κ2) is 10.0. The van der Waals surface area contributed by atoms with Crippen LogP contribution in [0.15, 0.2) is 59.5 Å². The van der Waals surface area contributed by atoms with Crippen molar-refractivity contribution in [3.63, 3.8) is 0 Å². The molecule has 10 heteroatoms. The number of carbonyl (C=O) groups excluding carboxylic acids is 2. The predicted octanol–water partition coefficient (Wildman–Crippen LogP) is 2.86. The first-order valence-corrected chi connectivity index (χ1v) is 12.5. The minimum atomic E-state index is -3.68. The van der Waals surface area contributed by atoms with Crippen LogP contribution in [0.1, 0.15) is 32.1 Å². The molecule has 0 saturated carbocycles. The van der Waals surface area contributed by atoms with Gasteiger partial charge in [0.15, 0.2) is 6.61 Å². The highest BCUT2D eigenvalue weighted by molar-refractivity contribution is 7.89. The molecule has 1 aliphatic rings. The largest absolute Gasteiger partial charge is 0.508 e. The van der Waals surface area contributed by atoms with Crippen molar-refractivity contribution >= 4 is 21.8 Å². The smallest absolute Gasteiger partial charge is 0.338 e. The highest BCUT2D eigenvalue weighted by atomic mass is 32.2. The molecule has 0 aliphatic carbocycles. The summed E-state index contributed by atoms with van der Waals surface area (Å²) in [6.45, 7) is 4.41. The predicted molar refractivity (Wildman–Crippen MR) is 128 cm³/mol. The molecule has 0 atom stereocenters. The van der Waals surface area contributed by atoms with Crippen molar-refractivity contribution in [2.75, 3.05) is 32.9 Å². The first-order valence-electron chi connectivity index (χ1n) is 11.0. The number of benzene rings is 2. The quantitative estimate of drug-likeness (QED) is 0.393. The molecule has 2 heterocycles. The van der Waals surface area contributed by atoms with Crippen LogP contribution in [0.5, 0.6) is 5.75 Å². The normalized spacial score (nSPS) is 14.6. The molecule has 1 aromatic heterocycles. The number of hydrogen-bond acceptors (Lipinski definition) is 7. The number of nitrogens with zero attached hydrogens (tertiary/aromatic N) is 2. The van der Waals surface area contributed by atoms with Crippen molar-refractivity contribution in [3.05, 3.63) is 77.1 Å². The van der Waals surface area contributed by atoms with Crippen LogP contribution in [0.2, 0.25) is 0 Å². The fourth-order valence-corrected chi connectivity index (χ4v) is 5.53. The Bertz CT molecular complexity index is 1370.